The molecule has 1 heterocycles. The molecule has 0 atom stereocenters. The molecule has 0 radical (unpaired) electrons. The van der Waals surface area contributed by atoms with Gasteiger partial charge in [0, 0.05) is 35.3 Å². The van der Waals surface area contributed by atoms with E-state index in [0.29, 0.717) is 41.4 Å². The number of rotatable bonds is 12. The molecule has 0 saturated heterocycles. The minimum atomic E-state index is -0.854. The Bertz CT molecular complexity index is 1470. The standard InChI is InChI=1S/C30H28N4O5/c1-20-27(15-16-29(35)36)30(39-33-20)24-9-11-25(12-10-24)32-18-22-5-13-26(14-6-22)38-19-28(34-37-2)23-7-3-21(17-31)4-8-23/h3-14,19,32,34H,15-16,18H2,1-2H3,(H,35,36). The molecule has 3 aromatic carbocycles. The van der Waals surface area contributed by atoms with Crippen LogP contribution >= 0.6 is 0 Å². The van der Waals surface area contributed by atoms with Gasteiger partial charge in [0.1, 0.15) is 17.7 Å². The number of aromatic nitrogens is 1. The largest absolute Gasteiger partial charge is 0.481 e. The summed E-state index contributed by atoms with van der Waals surface area (Å²) in [6.45, 7) is 2.43. The van der Waals surface area contributed by atoms with Gasteiger partial charge in [-0.1, -0.05) is 29.4 Å². The lowest BCUT2D eigenvalue weighted by atomic mass is 10.0. The van der Waals surface area contributed by atoms with Crippen molar-refractivity contribution in [2.45, 2.75) is 26.3 Å². The number of carbonyl (C=O) groups is 1. The highest BCUT2D eigenvalue weighted by atomic mass is 16.6. The lowest BCUT2D eigenvalue weighted by Gasteiger charge is -2.11. The highest BCUT2D eigenvalue weighted by Gasteiger charge is 2.16. The number of aliphatic carboxylic acids is 1. The van der Waals surface area contributed by atoms with Crippen molar-refractivity contribution in [3.8, 4) is 23.1 Å². The second-order valence-electron chi connectivity index (χ2n) is 8.69. The first-order valence-corrected chi connectivity index (χ1v) is 12.2. The van der Waals surface area contributed by atoms with E-state index in [1.807, 2.05) is 67.6 Å². The van der Waals surface area contributed by atoms with Crippen molar-refractivity contribution < 1.29 is 24.0 Å². The zero-order valence-corrected chi connectivity index (χ0v) is 21.6. The van der Waals surface area contributed by atoms with Crippen LogP contribution in [0, 0.1) is 18.3 Å². The number of benzene rings is 3. The van der Waals surface area contributed by atoms with E-state index >= 15 is 0 Å². The van der Waals surface area contributed by atoms with Gasteiger partial charge in [0.25, 0.3) is 0 Å². The number of aryl methyl sites for hydroxylation is 1. The molecule has 4 aromatic rings. The van der Waals surface area contributed by atoms with Crippen LogP contribution < -0.4 is 15.5 Å². The maximum atomic E-state index is 11.0. The fraction of sp³-hybridized carbons (Fsp3) is 0.167. The van der Waals surface area contributed by atoms with Gasteiger partial charge in [0.2, 0.25) is 0 Å². The maximum absolute atomic E-state index is 11.0. The number of hydroxylamine groups is 1. The molecule has 0 bridgehead atoms. The first-order chi connectivity index (χ1) is 19.0. The summed E-state index contributed by atoms with van der Waals surface area (Å²) < 4.78 is 11.3. The Morgan fingerprint density at radius 3 is 2.44 bits per heavy atom. The summed E-state index contributed by atoms with van der Waals surface area (Å²) in [7, 11) is 1.52. The predicted molar refractivity (Wildman–Crippen MR) is 146 cm³/mol. The van der Waals surface area contributed by atoms with E-state index in [-0.39, 0.29) is 6.42 Å². The molecule has 1 aromatic heterocycles. The van der Waals surface area contributed by atoms with Gasteiger partial charge in [0.15, 0.2) is 5.76 Å². The van der Waals surface area contributed by atoms with Crippen LogP contribution in [-0.4, -0.2) is 23.3 Å². The van der Waals surface area contributed by atoms with E-state index in [9.17, 15) is 4.79 Å². The summed E-state index contributed by atoms with van der Waals surface area (Å²) in [5.41, 5.74) is 9.17. The monoisotopic (exact) mass is 524 g/mol. The molecule has 198 valence electrons. The smallest absolute Gasteiger partial charge is 0.303 e. The quantitative estimate of drug-likeness (QED) is 0.158. The molecule has 39 heavy (non-hydrogen) atoms. The SMILES string of the molecule is CONC(=COc1ccc(CNc2ccc(-c3onc(C)c3CCC(=O)O)cc2)cc1)c1ccc(C#N)cc1. The van der Waals surface area contributed by atoms with E-state index in [2.05, 4.69) is 22.0 Å². The van der Waals surface area contributed by atoms with Crippen LogP contribution in [0.5, 0.6) is 5.75 Å². The normalized spacial score (nSPS) is 11.1. The Morgan fingerprint density at radius 2 is 1.79 bits per heavy atom. The average molecular weight is 525 g/mol. The van der Waals surface area contributed by atoms with Crippen molar-refractivity contribution >= 4 is 17.4 Å². The first kappa shape index (κ1) is 27.0. The Balaban J connectivity index is 1.35. The molecule has 0 aliphatic heterocycles. The molecule has 3 N–H and O–H groups in total. The van der Waals surface area contributed by atoms with E-state index in [1.165, 1.54) is 7.11 Å². The molecular weight excluding hydrogens is 496 g/mol. The van der Waals surface area contributed by atoms with Crippen molar-refractivity contribution in [3.05, 3.63) is 107 Å². The highest BCUT2D eigenvalue weighted by Crippen LogP contribution is 2.28. The van der Waals surface area contributed by atoms with Gasteiger partial charge in [-0.05, 0) is 67.4 Å². The second-order valence-corrected chi connectivity index (χ2v) is 8.69. The summed E-state index contributed by atoms with van der Waals surface area (Å²) in [5, 5.41) is 25.4. The van der Waals surface area contributed by atoms with Crippen LogP contribution in [0.25, 0.3) is 17.0 Å². The van der Waals surface area contributed by atoms with Gasteiger partial charge in [-0.15, -0.1) is 0 Å². The number of nitrogens with zero attached hydrogens (tertiary/aromatic N) is 2. The third-order valence-corrected chi connectivity index (χ3v) is 5.99. The molecule has 0 unspecified atom stereocenters. The molecule has 0 aliphatic rings. The van der Waals surface area contributed by atoms with Gasteiger partial charge >= 0.3 is 5.97 Å². The van der Waals surface area contributed by atoms with Crippen LogP contribution in [0.2, 0.25) is 0 Å². The Labute approximate surface area is 226 Å². The Morgan fingerprint density at radius 1 is 1.08 bits per heavy atom. The molecule has 0 aliphatic carbocycles. The van der Waals surface area contributed by atoms with Crippen molar-refractivity contribution in [3.63, 3.8) is 0 Å². The molecule has 0 fully saturated rings. The minimum absolute atomic E-state index is 0.0249. The second kappa shape index (κ2) is 12.9. The van der Waals surface area contributed by atoms with Crippen molar-refractivity contribution in [1.29, 1.82) is 5.26 Å². The van der Waals surface area contributed by atoms with Gasteiger partial charge in [-0.3, -0.25) is 15.1 Å². The van der Waals surface area contributed by atoms with E-state index in [0.717, 1.165) is 27.9 Å². The van der Waals surface area contributed by atoms with E-state index < -0.39 is 5.97 Å². The first-order valence-electron chi connectivity index (χ1n) is 12.2. The third-order valence-electron chi connectivity index (χ3n) is 5.99. The molecule has 0 amide bonds. The lowest BCUT2D eigenvalue weighted by Crippen LogP contribution is -2.11. The predicted octanol–water partition coefficient (Wildman–Crippen LogP) is 5.68. The van der Waals surface area contributed by atoms with Gasteiger partial charge in [-0.2, -0.15) is 5.26 Å². The fourth-order valence-electron chi connectivity index (χ4n) is 3.88. The zero-order valence-electron chi connectivity index (χ0n) is 21.6. The molecule has 9 heteroatoms. The van der Waals surface area contributed by atoms with Crippen LogP contribution in [0.4, 0.5) is 5.69 Å². The number of ether oxygens (including phenoxy) is 1. The number of carboxylic acid groups (broad SMARTS) is 1. The summed E-state index contributed by atoms with van der Waals surface area (Å²) in [6.07, 6.45) is 1.95. The summed E-state index contributed by atoms with van der Waals surface area (Å²) in [5.74, 6) is 0.411. The van der Waals surface area contributed by atoms with Crippen molar-refractivity contribution in [1.82, 2.24) is 10.6 Å². The number of hydrogen-bond donors (Lipinski definition) is 3. The zero-order chi connectivity index (χ0) is 27.6. The van der Waals surface area contributed by atoms with Crippen LogP contribution in [-0.2, 0) is 22.6 Å². The maximum Gasteiger partial charge on any atom is 0.303 e. The van der Waals surface area contributed by atoms with Gasteiger partial charge in [0.05, 0.1) is 24.4 Å². The highest BCUT2D eigenvalue weighted by molar-refractivity contribution is 5.69. The van der Waals surface area contributed by atoms with Crippen LogP contribution in [0.3, 0.4) is 0 Å². The van der Waals surface area contributed by atoms with E-state index in [1.54, 1.807) is 18.4 Å². The topological polar surface area (TPSA) is 130 Å². The molecule has 4 rings (SSSR count). The number of hydrogen-bond acceptors (Lipinski definition) is 8. The number of anilines is 1. The van der Waals surface area contributed by atoms with Gasteiger partial charge < -0.3 is 19.7 Å². The van der Waals surface area contributed by atoms with E-state index in [4.69, 9.17) is 24.5 Å². The Kier molecular flexibility index (Phi) is 8.95. The summed E-state index contributed by atoms with van der Waals surface area (Å²) in [4.78, 5) is 16.0. The van der Waals surface area contributed by atoms with Crippen LogP contribution in [0.15, 0.2) is 83.6 Å². The number of nitrogens with one attached hydrogen (secondary N) is 2. The molecule has 9 nitrogen and oxygen atoms in total. The number of nitriles is 1. The Hall–Kier alpha value is -5.07. The summed E-state index contributed by atoms with van der Waals surface area (Å²) in [6, 6.07) is 24.6. The third kappa shape index (κ3) is 7.25. The van der Waals surface area contributed by atoms with Crippen LogP contribution in [0.1, 0.15) is 34.4 Å². The number of carboxylic acids is 1. The lowest BCUT2D eigenvalue weighted by molar-refractivity contribution is -0.136. The van der Waals surface area contributed by atoms with Crippen molar-refractivity contribution in [2.24, 2.45) is 0 Å². The average Bonchev–Trinajstić information content (AvgIpc) is 3.34. The molecule has 0 saturated carbocycles. The summed E-state index contributed by atoms with van der Waals surface area (Å²) >= 11 is 0. The fourth-order valence-corrected chi connectivity index (χ4v) is 3.88. The van der Waals surface area contributed by atoms with Crippen molar-refractivity contribution in [2.75, 3.05) is 12.4 Å². The minimum Gasteiger partial charge on any atom is -0.481 e. The van der Waals surface area contributed by atoms with Gasteiger partial charge in [-0.25, -0.2) is 0 Å². The molecule has 0 spiro atoms. The molecular formula is C30H28N4O5.